The minimum Gasteiger partial charge on any atom is -0.336 e. The minimum absolute atomic E-state index is 0. The molecule has 0 saturated heterocycles. The van der Waals surface area contributed by atoms with Gasteiger partial charge in [0.2, 0.25) is 0 Å². The summed E-state index contributed by atoms with van der Waals surface area (Å²) >= 11 is 0. The number of nitrogens with one attached hydrogen (secondary N) is 2. The van der Waals surface area contributed by atoms with Crippen LogP contribution in [0.4, 0.5) is 10.5 Å². The van der Waals surface area contributed by atoms with Gasteiger partial charge in [-0.2, -0.15) is 18.2 Å². The predicted octanol–water partition coefficient (Wildman–Crippen LogP) is -0.431. The molecule has 88 valence electrons. The zero-order valence-electron chi connectivity index (χ0n) is 10.8. The molecule has 2 aromatic rings. The number of pyridine rings is 1. The first-order valence-electron chi connectivity index (χ1n) is 5.48. The number of hydrogen-bond donors (Lipinski definition) is 2. The summed E-state index contributed by atoms with van der Waals surface area (Å²) in [6, 6.07) is 10.3. The Hall–Kier alpha value is -0.464. The number of carbonyl (C=O) groups is 1. The fourth-order valence-electron chi connectivity index (χ4n) is 1.51. The maximum Gasteiger partial charge on any atom is 1.00 e. The van der Waals surface area contributed by atoms with Crippen molar-refractivity contribution in [3.8, 4) is 0 Å². The molecule has 18 heavy (non-hydrogen) atoms. The second kappa shape index (κ2) is 7.21. The number of amides is 2. The number of benzene rings is 1. The molecule has 0 aliphatic heterocycles. The standard InChI is InChI=1S/C13H14N3O.K/c1-9(2)15-13(17)16-11-7-10-5-3-4-6-12(10)14-8-11;/h4-9H,1-2H3,(H2,15,16,17);/q-1;+1. The number of hydrogen-bond acceptors (Lipinski definition) is 2. The van der Waals surface area contributed by atoms with Crippen LogP contribution in [0.15, 0.2) is 30.5 Å². The Morgan fingerprint density at radius 3 is 2.94 bits per heavy atom. The van der Waals surface area contributed by atoms with E-state index in [0.29, 0.717) is 5.69 Å². The first-order chi connectivity index (χ1) is 8.15. The quantitative estimate of drug-likeness (QED) is 0.573. The molecule has 0 radical (unpaired) electrons. The molecule has 0 saturated carbocycles. The average molecular weight is 267 g/mol. The molecule has 0 aliphatic rings. The third-order valence-corrected chi connectivity index (χ3v) is 2.20. The summed E-state index contributed by atoms with van der Waals surface area (Å²) in [4.78, 5) is 15.8. The van der Waals surface area contributed by atoms with Crippen LogP contribution >= 0.6 is 0 Å². The van der Waals surface area contributed by atoms with Crippen molar-refractivity contribution in [2.45, 2.75) is 19.9 Å². The van der Waals surface area contributed by atoms with Crippen LogP contribution in [0.5, 0.6) is 0 Å². The van der Waals surface area contributed by atoms with Gasteiger partial charge in [0.25, 0.3) is 0 Å². The van der Waals surface area contributed by atoms with Crippen LogP contribution in [0, 0.1) is 6.07 Å². The van der Waals surface area contributed by atoms with Crippen molar-refractivity contribution >= 4 is 22.6 Å². The van der Waals surface area contributed by atoms with Crippen LogP contribution in [0.25, 0.3) is 10.9 Å². The van der Waals surface area contributed by atoms with Gasteiger partial charge in [-0.1, -0.05) is 6.07 Å². The molecule has 4 nitrogen and oxygen atoms in total. The largest absolute Gasteiger partial charge is 1.00 e. The summed E-state index contributed by atoms with van der Waals surface area (Å²) < 4.78 is 0. The maximum absolute atomic E-state index is 11.5. The Balaban J connectivity index is 0.00000162. The summed E-state index contributed by atoms with van der Waals surface area (Å²) in [5.74, 6) is 0. The Kier molecular flexibility index (Phi) is 6.24. The van der Waals surface area contributed by atoms with Gasteiger partial charge in [0.1, 0.15) is 0 Å². The number of nitrogens with zero attached hydrogens (tertiary/aromatic N) is 1. The molecule has 0 aliphatic carbocycles. The van der Waals surface area contributed by atoms with Gasteiger partial charge in [-0.3, -0.25) is 4.98 Å². The monoisotopic (exact) mass is 267 g/mol. The fourth-order valence-corrected chi connectivity index (χ4v) is 1.51. The fraction of sp³-hybridized carbons (Fsp3) is 0.231. The summed E-state index contributed by atoms with van der Waals surface area (Å²) in [6.45, 7) is 3.82. The van der Waals surface area contributed by atoms with Gasteiger partial charge in [0.05, 0.1) is 0 Å². The van der Waals surface area contributed by atoms with Crippen molar-refractivity contribution in [1.29, 1.82) is 0 Å². The van der Waals surface area contributed by atoms with Crippen LogP contribution in [0.2, 0.25) is 0 Å². The molecule has 0 atom stereocenters. The van der Waals surface area contributed by atoms with Gasteiger partial charge < -0.3 is 10.6 Å². The molecular weight excluding hydrogens is 253 g/mol. The van der Waals surface area contributed by atoms with Crippen LogP contribution in [0.1, 0.15) is 13.8 Å². The number of anilines is 1. The average Bonchev–Trinajstić information content (AvgIpc) is 2.27. The molecule has 1 aromatic heterocycles. The van der Waals surface area contributed by atoms with Crippen LogP contribution in [-0.4, -0.2) is 17.1 Å². The molecule has 1 heterocycles. The van der Waals surface area contributed by atoms with Gasteiger partial charge >= 0.3 is 57.4 Å². The normalized spacial score (nSPS) is 9.94. The number of aromatic nitrogens is 1. The SMILES string of the molecule is CC(C)NC(=O)Nc1cnc2cc[c-]cc2c1.[K+]. The van der Waals surface area contributed by atoms with E-state index in [1.165, 1.54) is 0 Å². The zero-order chi connectivity index (χ0) is 12.3. The molecule has 0 fully saturated rings. The predicted molar refractivity (Wildman–Crippen MR) is 67.9 cm³/mol. The van der Waals surface area contributed by atoms with Gasteiger partial charge in [0.15, 0.2) is 0 Å². The van der Waals surface area contributed by atoms with Crippen LogP contribution in [-0.2, 0) is 0 Å². The number of carbonyl (C=O) groups excluding carboxylic acids is 1. The zero-order valence-corrected chi connectivity index (χ0v) is 13.9. The smallest absolute Gasteiger partial charge is 0.336 e. The Labute approximate surface area is 149 Å². The van der Waals surface area contributed by atoms with E-state index in [1.54, 1.807) is 6.20 Å². The number of fused-ring (bicyclic) bond motifs is 1. The third kappa shape index (κ3) is 4.33. The van der Waals surface area contributed by atoms with E-state index in [0.717, 1.165) is 10.9 Å². The second-order valence-corrected chi connectivity index (χ2v) is 4.10. The van der Waals surface area contributed by atoms with Gasteiger partial charge in [0, 0.05) is 17.9 Å². The first kappa shape index (κ1) is 15.6. The topological polar surface area (TPSA) is 54.0 Å². The Morgan fingerprint density at radius 2 is 2.22 bits per heavy atom. The minimum atomic E-state index is -0.221. The van der Waals surface area contributed by atoms with Crippen molar-refractivity contribution in [3.05, 3.63) is 36.5 Å². The molecule has 0 spiro atoms. The van der Waals surface area contributed by atoms with Gasteiger partial charge in [-0.15, -0.1) is 11.5 Å². The summed E-state index contributed by atoms with van der Waals surface area (Å²) in [7, 11) is 0. The maximum atomic E-state index is 11.5. The number of rotatable bonds is 2. The summed E-state index contributed by atoms with van der Waals surface area (Å²) in [5.41, 5.74) is 1.56. The number of urea groups is 1. The van der Waals surface area contributed by atoms with E-state index >= 15 is 0 Å². The molecule has 0 bridgehead atoms. The van der Waals surface area contributed by atoms with Crippen molar-refractivity contribution in [3.63, 3.8) is 0 Å². The second-order valence-electron chi connectivity index (χ2n) is 4.10. The summed E-state index contributed by atoms with van der Waals surface area (Å²) in [6.07, 6.45) is 1.64. The third-order valence-electron chi connectivity index (χ3n) is 2.20. The molecule has 2 rings (SSSR count). The molecule has 0 unspecified atom stereocenters. The van der Waals surface area contributed by atoms with Crippen LogP contribution < -0.4 is 62.0 Å². The van der Waals surface area contributed by atoms with E-state index in [2.05, 4.69) is 21.7 Å². The Morgan fingerprint density at radius 1 is 1.44 bits per heavy atom. The molecule has 5 heteroatoms. The van der Waals surface area contributed by atoms with Gasteiger partial charge in [-0.05, 0) is 19.4 Å². The molecule has 1 aromatic carbocycles. The van der Waals surface area contributed by atoms with E-state index in [4.69, 9.17) is 0 Å². The van der Waals surface area contributed by atoms with Gasteiger partial charge in [-0.25, -0.2) is 4.79 Å². The van der Waals surface area contributed by atoms with Crippen molar-refractivity contribution in [2.24, 2.45) is 0 Å². The van der Waals surface area contributed by atoms with E-state index in [9.17, 15) is 4.79 Å². The summed E-state index contributed by atoms with van der Waals surface area (Å²) in [5, 5.41) is 6.45. The Bertz CT molecular complexity index is 543. The first-order valence-corrected chi connectivity index (χ1v) is 5.48. The van der Waals surface area contributed by atoms with E-state index in [-0.39, 0.29) is 63.5 Å². The van der Waals surface area contributed by atoms with Crippen molar-refractivity contribution in [2.75, 3.05) is 5.32 Å². The van der Waals surface area contributed by atoms with Crippen molar-refractivity contribution in [1.82, 2.24) is 10.3 Å². The molecule has 2 amide bonds. The van der Waals surface area contributed by atoms with E-state index in [1.807, 2.05) is 38.1 Å². The van der Waals surface area contributed by atoms with Crippen LogP contribution in [0.3, 0.4) is 0 Å². The van der Waals surface area contributed by atoms with Crippen molar-refractivity contribution < 1.29 is 56.2 Å². The van der Waals surface area contributed by atoms with E-state index < -0.39 is 0 Å². The molecular formula is C13H14KN3O. The molecule has 2 N–H and O–H groups in total.